The summed E-state index contributed by atoms with van der Waals surface area (Å²) in [4.78, 5) is 8.59. The average molecular weight is 462 g/mol. The minimum Gasteiger partial charge on any atom is -0.454 e. The Labute approximate surface area is 187 Å². The largest absolute Gasteiger partial charge is 0.454 e. The first-order valence-corrected chi connectivity index (χ1v) is 9.48. The van der Waals surface area contributed by atoms with Crippen LogP contribution in [-0.2, 0) is 7.05 Å². The highest BCUT2D eigenvalue weighted by molar-refractivity contribution is 6.32. The molecule has 0 unspecified atom stereocenters. The number of halogens is 3. The van der Waals surface area contributed by atoms with Gasteiger partial charge in [-0.15, -0.1) is 12.4 Å². The molecule has 5 aromatic rings. The maximum absolute atomic E-state index is 6.45. The Bertz CT molecular complexity index is 1360. The molecule has 0 saturated carbocycles. The van der Waals surface area contributed by atoms with E-state index < -0.39 is 0 Å². The molecule has 7 nitrogen and oxygen atoms in total. The predicted molar refractivity (Wildman–Crippen MR) is 121 cm³/mol. The molecule has 0 spiro atoms. The first kappa shape index (κ1) is 20.3. The minimum atomic E-state index is 0. The van der Waals surface area contributed by atoms with Crippen LogP contribution in [0.1, 0.15) is 0 Å². The maximum Gasteiger partial charge on any atom is 0.158 e. The highest BCUT2D eigenvalue weighted by atomic mass is 35.5. The molecule has 0 saturated heterocycles. The van der Waals surface area contributed by atoms with Crippen molar-refractivity contribution in [2.24, 2.45) is 7.05 Å². The normalized spacial score (nSPS) is 10.9. The molecule has 4 heterocycles. The molecule has 0 amide bonds. The van der Waals surface area contributed by atoms with Crippen LogP contribution < -0.4 is 10.1 Å². The number of benzene rings is 1. The van der Waals surface area contributed by atoms with Crippen molar-refractivity contribution < 1.29 is 4.74 Å². The van der Waals surface area contributed by atoms with Gasteiger partial charge in [0.25, 0.3) is 0 Å². The van der Waals surface area contributed by atoms with Gasteiger partial charge in [0, 0.05) is 25.0 Å². The summed E-state index contributed by atoms with van der Waals surface area (Å²) >= 11 is 12.7. The van der Waals surface area contributed by atoms with Gasteiger partial charge in [-0.05, 0) is 36.4 Å². The van der Waals surface area contributed by atoms with Gasteiger partial charge in [0.05, 0.1) is 22.3 Å². The summed E-state index contributed by atoms with van der Waals surface area (Å²) in [5.41, 5.74) is 3.32. The van der Waals surface area contributed by atoms with Crippen LogP contribution in [0.5, 0.6) is 11.5 Å². The zero-order valence-electron chi connectivity index (χ0n) is 15.6. The fourth-order valence-electron chi connectivity index (χ4n) is 3.12. The van der Waals surface area contributed by atoms with E-state index in [4.69, 9.17) is 27.9 Å². The molecule has 0 aliphatic rings. The molecule has 10 heteroatoms. The van der Waals surface area contributed by atoms with Crippen LogP contribution in [0.25, 0.3) is 16.6 Å². The smallest absolute Gasteiger partial charge is 0.158 e. The lowest BCUT2D eigenvalue weighted by Gasteiger charge is -2.11. The van der Waals surface area contributed by atoms with Crippen molar-refractivity contribution in [2.45, 2.75) is 0 Å². The number of ether oxygens (including phenoxy) is 1. The lowest BCUT2D eigenvalue weighted by atomic mass is 10.3. The van der Waals surface area contributed by atoms with Gasteiger partial charge in [-0.25, -0.2) is 14.5 Å². The topological polar surface area (TPSA) is 69.3 Å². The second kappa shape index (κ2) is 8.02. The Morgan fingerprint density at radius 1 is 1.03 bits per heavy atom. The number of anilines is 2. The third-order valence-electron chi connectivity index (χ3n) is 4.55. The van der Waals surface area contributed by atoms with Gasteiger partial charge in [0.2, 0.25) is 0 Å². The van der Waals surface area contributed by atoms with E-state index in [-0.39, 0.29) is 12.4 Å². The number of hydrogen-bond donors (Lipinski definition) is 1. The Hall–Kier alpha value is -3.00. The number of nitrogens with zero attached hydrogens (tertiary/aromatic N) is 5. The maximum atomic E-state index is 6.45. The summed E-state index contributed by atoms with van der Waals surface area (Å²) in [6.07, 6.45) is 5.02. The number of rotatable bonds is 4. The van der Waals surface area contributed by atoms with E-state index >= 15 is 0 Å². The highest BCUT2D eigenvalue weighted by Crippen LogP contribution is 2.34. The van der Waals surface area contributed by atoms with E-state index in [2.05, 4.69) is 20.4 Å². The number of fused-ring (bicyclic) bond motifs is 2. The zero-order valence-corrected chi connectivity index (χ0v) is 17.9. The van der Waals surface area contributed by atoms with Crippen molar-refractivity contribution >= 4 is 63.7 Å². The van der Waals surface area contributed by atoms with Gasteiger partial charge >= 0.3 is 0 Å². The average Bonchev–Trinajstić information content (AvgIpc) is 3.28. The zero-order chi connectivity index (χ0) is 20.0. The molecule has 30 heavy (non-hydrogen) atoms. The number of aromatic nitrogens is 5. The van der Waals surface area contributed by atoms with Gasteiger partial charge in [0.15, 0.2) is 5.82 Å². The van der Waals surface area contributed by atoms with Crippen molar-refractivity contribution in [1.29, 1.82) is 0 Å². The van der Waals surface area contributed by atoms with Crippen LogP contribution >= 0.6 is 35.6 Å². The lowest BCUT2D eigenvalue weighted by Crippen LogP contribution is -1.99. The molecule has 5 rings (SSSR count). The predicted octanol–water partition coefficient (Wildman–Crippen LogP) is 5.88. The standard InChI is InChI=1S/C20H14Cl2N6O.ClH/c1-27-18(22)9-16-19(27)20(24-11-23-16)26-12-2-5-17(15(21)8-12)29-14-4-3-13-6-7-25-28(13)10-14;/h2-11H,1H3,(H,23,24,26);1H. The summed E-state index contributed by atoms with van der Waals surface area (Å²) in [7, 11) is 1.86. The van der Waals surface area contributed by atoms with E-state index in [9.17, 15) is 0 Å². The van der Waals surface area contributed by atoms with Crippen LogP contribution in [0.4, 0.5) is 11.5 Å². The third-order valence-corrected chi connectivity index (χ3v) is 5.21. The molecule has 0 bridgehead atoms. The van der Waals surface area contributed by atoms with E-state index in [1.807, 2.05) is 35.9 Å². The monoisotopic (exact) mass is 460 g/mol. The second-order valence-electron chi connectivity index (χ2n) is 6.42. The Kier molecular flexibility index (Phi) is 5.42. The first-order chi connectivity index (χ1) is 14.1. The minimum absolute atomic E-state index is 0. The van der Waals surface area contributed by atoms with E-state index in [0.29, 0.717) is 27.5 Å². The third kappa shape index (κ3) is 3.63. The number of pyridine rings is 1. The Morgan fingerprint density at radius 3 is 2.73 bits per heavy atom. The van der Waals surface area contributed by atoms with Gasteiger partial charge in [-0.1, -0.05) is 23.2 Å². The van der Waals surface area contributed by atoms with Crippen LogP contribution in [0, 0.1) is 0 Å². The molecule has 0 aliphatic carbocycles. The fourth-order valence-corrected chi connectivity index (χ4v) is 3.52. The van der Waals surface area contributed by atoms with Gasteiger partial charge in [0.1, 0.15) is 28.5 Å². The molecular weight excluding hydrogens is 447 g/mol. The van der Waals surface area contributed by atoms with Crippen molar-refractivity contribution in [3.63, 3.8) is 0 Å². The molecule has 152 valence electrons. The SMILES string of the molecule is Cl.Cn1c(Cl)cc2ncnc(Nc3ccc(Oc4ccc5ccnn5c4)c(Cl)c3)c21. The van der Waals surface area contributed by atoms with Gasteiger partial charge < -0.3 is 14.6 Å². The number of hydrogen-bond acceptors (Lipinski definition) is 5. The summed E-state index contributed by atoms with van der Waals surface area (Å²) in [5, 5.41) is 8.52. The highest BCUT2D eigenvalue weighted by Gasteiger charge is 2.12. The molecule has 4 aromatic heterocycles. The summed E-state index contributed by atoms with van der Waals surface area (Å²) in [6.45, 7) is 0. The van der Waals surface area contributed by atoms with Gasteiger partial charge in [-0.2, -0.15) is 5.10 Å². The fraction of sp³-hybridized carbons (Fsp3) is 0.0500. The van der Waals surface area contributed by atoms with E-state index in [1.54, 1.807) is 35.1 Å². The van der Waals surface area contributed by atoms with Crippen molar-refractivity contribution in [3.8, 4) is 11.5 Å². The molecular formula is C20H15Cl3N6O. The Balaban J connectivity index is 0.00000218. The van der Waals surface area contributed by atoms with Crippen LogP contribution in [0.15, 0.2) is 61.2 Å². The van der Waals surface area contributed by atoms with Crippen molar-refractivity contribution in [1.82, 2.24) is 24.1 Å². The number of aryl methyl sites for hydroxylation is 1. The van der Waals surface area contributed by atoms with Crippen molar-refractivity contribution in [2.75, 3.05) is 5.32 Å². The Morgan fingerprint density at radius 2 is 1.90 bits per heavy atom. The van der Waals surface area contributed by atoms with E-state index in [1.165, 1.54) is 6.33 Å². The lowest BCUT2D eigenvalue weighted by molar-refractivity contribution is 0.479. The molecule has 0 radical (unpaired) electrons. The summed E-state index contributed by atoms with van der Waals surface area (Å²) < 4.78 is 9.48. The second-order valence-corrected chi connectivity index (χ2v) is 7.21. The first-order valence-electron chi connectivity index (χ1n) is 8.72. The molecule has 0 aliphatic heterocycles. The summed E-state index contributed by atoms with van der Waals surface area (Å²) in [5.74, 6) is 1.82. The summed E-state index contributed by atoms with van der Waals surface area (Å²) in [6, 6.07) is 13.0. The van der Waals surface area contributed by atoms with Crippen LogP contribution in [0.2, 0.25) is 10.2 Å². The quantitative estimate of drug-likeness (QED) is 0.362. The van der Waals surface area contributed by atoms with Crippen molar-refractivity contribution in [3.05, 3.63) is 71.4 Å². The molecule has 0 atom stereocenters. The van der Waals surface area contributed by atoms with Crippen LogP contribution in [-0.4, -0.2) is 24.1 Å². The van der Waals surface area contributed by atoms with Gasteiger partial charge in [-0.3, -0.25) is 0 Å². The van der Waals surface area contributed by atoms with Crippen LogP contribution in [0.3, 0.4) is 0 Å². The number of nitrogens with one attached hydrogen (secondary N) is 1. The molecule has 0 fully saturated rings. The molecule has 1 aromatic carbocycles. The molecule has 1 N–H and O–H groups in total. The van der Waals surface area contributed by atoms with E-state index in [0.717, 1.165) is 22.2 Å².